The summed E-state index contributed by atoms with van der Waals surface area (Å²) in [7, 11) is 0. The van der Waals surface area contributed by atoms with Gasteiger partial charge in [0.2, 0.25) is 0 Å². The molecule has 80 valence electrons. The quantitative estimate of drug-likeness (QED) is 0.532. The van der Waals surface area contributed by atoms with Gasteiger partial charge in [-0.3, -0.25) is 0 Å². The van der Waals surface area contributed by atoms with Gasteiger partial charge in [0.05, 0.1) is 0 Å². The van der Waals surface area contributed by atoms with Crippen molar-refractivity contribution in [1.29, 1.82) is 0 Å². The molecule has 0 aromatic rings. The molecule has 4 N–H and O–H groups in total. The maximum atomic E-state index is 8.72. The lowest BCUT2D eigenvalue weighted by molar-refractivity contribution is 0.137. The summed E-state index contributed by atoms with van der Waals surface area (Å²) in [5.74, 6) is 0.747. The van der Waals surface area contributed by atoms with Crippen LogP contribution in [0.3, 0.4) is 0 Å². The highest BCUT2D eigenvalue weighted by molar-refractivity contribution is 5.53. The van der Waals surface area contributed by atoms with Crippen molar-refractivity contribution in [3.8, 4) is 0 Å². The third-order valence-electron chi connectivity index (χ3n) is 1.68. The molecule has 0 amide bonds. The lowest BCUT2D eigenvalue weighted by atomic mass is 9.94. The molecule has 0 saturated carbocycles. The highest BCUT2D eigenvalue weighted by Crippen LogP contribution is 2.12. The van der Waals surface area contributed by atoms with Crippen molar-refractivity contribution in [3.05, 3.63) is 0 Å². The van der Waals surface area contributed by atoms with Gasteiger partial charge in [-0.2, -0.15) is 0 Å². The van der Waals surface area contributed by atoms with E-state index in [1.54, 1.807) is 0 Å². The predicted molar refractivity (Wildman–Crippen MR) is 47.8 cm³/mol. The molecule has 0 aliphatic heterocycles. The van der Waals surface area contributed by atoms with E-state index in [9.17, 15) is 0 Å². The van der Waals surface area contributed by atoms with Gasteiger partial charge in [-0.15, -0.1) is 0 Å². The summed E-state index contributed by atoms with van der Waals surface area (Å²) in [5, 5.41) is 31.2. The van der Waals surface area contributed by atoms with Crippen LogP contribution >= 0.6 is 0 Å². The summed E-state index contributed by atoms with van der Waals surface area (Å²) in [5.41, 5.74) is 0. The first-order valence-corrected chi connectivity index (χ1v) is 4.09. The number of carbonyl (C=O) groups is 1. The first kappa shape index (κ1) is 14.7. The van der Waals surface area contributed by atoms with E-state index in [0.717, 1.165) is 0 Å². The minimum Gasteiger partial charge on any atom is -0.450 e. The molecule has 0 fully saturated rings. The zero-order valence-electron chi connectivity index (χ0n) is 7.97. The van der Waals surface area contributed by atoms with Crippen LogP contribution in [-0.4, -0.2) is 39.8 Å². The second kappa shape index (κ2) is 9.28. The van der Waals surface area contributed by atoms with Crippen LogP contribution in [0.15, 0.2) is 0 Å². The smallest absolute Gasteiger partial charge is 0.450 e. The van der Waals surface area contributed by atoms with E-state index in [-0.39, 0.29) is 19.1 Å². The SMILES string of the molecule is CC(C)C(CO)CCO.O=C(O)O. The van der Waals surface area contributed by atoms with Crippen molar-refractivity contribution in [1.82, 2.24) is 0 Å². The molecule has 0 rings (SSSR count). The zero-order valence-corrected chi connectivity index (χ0v) is 7.97. The van der Waals surface area contributed by atoms with Gasteiger partial charge in [-0.1, -0.05) is 13.8 Å². The van der Waals surface area contributed by atoms with Crippen molar-refractivity contribution < 1.29 is 25.2 Å². The molecule has 5 nitrogen and oxygen atoms in total. The Kier molecular flexibility index (Phi) is 10.5. The van der Waals surface area contributed by atoms with Crippen molar-refractivity contribution in [2.75, 3.05) is 13.2 Å². The average Bonchev–Trinajstić information content (AvgIpc) is 1.98. The Balaban J connectivity index is 0. The van der Waals surface area contributed by atoms with Crippen LogP contribution in [0.5, 0.6) is 0 Å². The molecular weight excluding hydrogens is 176 g/mol. The van der Waals surface area contributed by atoms with Gasteiger partial charge in [0.15, 0.2) is 0 Å². The summed E-state index contributed by atoms with van der Waals surface area (Å²) in [6.45, 7) is 4.48. The maximum Gasteiger partial charge on any atom is 0.503 e. The fourth-order valence-corrected chi connectivity index (χ4v) is 0.801. The predicted octanol–water partition coefficient (Wildman–Crippen LogP) is 0.856. The van der Waals surface area contributed by atoms with Gasteiger partial charge < -0.3 is 20.4 Å². The number of aliphatic hydroxyl groups is 2. The minimum absolute atomic E-state index is 0.184. The van der Waals surface area contributed by atoms with E-state index < -0.39 is 6.16 Å². The Morgan fingerprint density at radius 1 is 1.23 bits per heavy atom. The van der Waals surface area contributed by atoms with Crippen molar-refractivity contribution in [3.63, 3.8) is 0 Å². The lowest BCUT2D eigenvalue weighted by Gasteiger charge is -2.15. The van der Waals surface area contributed by atoms with Gasteiger partial charge in [0.1, 0.15) is 0 Å². The Hall–Kier alpha value is -0.810. The third kappa shape index (κ3) is 14.1. The summed E-state index contributed by atoms with van der Waals surface area (Å²) in [4.78, 5) is 8.56. The van der Waals surface area contributed by atoms with Crippen molar-refractivity contribution in [2.24, 2.45) is 11.8 Å². The second-order valence-corrected chi connectivity index (χ2v) is 2.98. The van der Waals surface area contributed by atoms with E-state index >= 15 is 0 Å². The molecule has 0 aliphatic carbocycles. The molecule has 1 atom stereocenters. The van der Waals surface area contributed by atoms with Crippen molar-refractivity contribution in [2.45, 2.75) is 20.3 Å². The Bertz CT molecular complexity index is 120. The molecule has 0 saturated heterocycles. The Morgan fingerprint density at radius 2 is 1.62 bits per heavy atom. The number of rotatable bonds is 4. The normalized spacial score (nSPS) is 11.8. The largest absolute Gasteiger partial charge is 0.503 e. The van der Waals surface area contributed by atoms with E-state index in [1.165, 1.54) is 0 Å². The molecule has 0 aliphatic rings. The summed E-state index contributed by atoms with van der Waals surface area (Å²) < 4.78 is 0. The van der Waals surface area contributed by atoms with Crippen LogP contribution in [-0.2, 0) is 0 Å². The molecule has 0 aromatic carbocycles. The van der Waals surface area contributed by atoms with Crippen LogP contribution in [0.2, 0.25) is 0 Å². The Labute approximate surface area is 77.6 Å². The van der Waals surface area contributed by atoms with Crippen LogP contribution in [0.25, 0.3) is 0 Å². The minimum atomic E-state index is -1.83. The van der Waals surface area contributed by atoms with E-state index in [2.05, 4.69) is 13.8 Å². The second-order valence-electron chi connectivity index (χ2n) is 2.98. The number of hydrogen-bond acceptors (Lipinski definition) is 3. The molecule has 0 bridgehead atoms. The van der Waals surface area contributed by atoms with E-state index in [0.29, 0.717) is 12.3 Å². The molecule has 0 spiro atoms. The zero-order chi connectivity index (χ0) is 10.9. The van der Waals surface area contributed by atoms with Crippen LogP contribution < -0.4 is 0 Å². The standard InChI is InChI=1S/C7H16O2.CH2O3/c1-6(2)7(5-9)3-4-8;2-1(3)4/h6-9H,3-5H2,1-2H3;(H2,2,3,4). The number of aliphatic hydroxyl groups excluding tert-OH is 2. The van der Waals surface area contributed by atoms with Gasteiger partial charge in [0.25, 0.3) is 0 Å². The fraction of sp³-hybridized carbons (Fsp3) is 0.875. The van der Waals surface area contributed by atoms with Crippen LogP contribution in [0, 0.1) is 11.8 Å². The highest BCUT2D eigenvalue weighted by Gasteiger charge is 2.09. The topological polar surface area (TPSA) is 98.0 Å². The van der Waals surface area contributed by atoms with Gasteiger partial charge in [0, 0.05) is 13.2 Å². The summed E-state index contributed by atoms with van der Waals surface area (Å²) >= 11 is 0. The van der Waals surface area contributed by atoms with E-state index in [4.69, 9.17) is 25.2 Å². The molecule has 13 heavy (non-hydrogen) atoms. The monoisotopic (exact) mass is 194 g/mol. The maximum absolute atomic E-state index is 8.72. The number of carboxylic acid groups (broad SMARTS) is 2. The van der Waals surface area contributed by atoms with Crippen molar-refractivity contribution >= 4 is 6.16 Å². The molecule has 0 aromatic heterocycles. The molecule has 0 heterocycles. The first-order valence-electron chi connectivity index (χ1n) is 4.09. The average molecular weight is 194 g/mol. The van der Waals surface area contributed by atoms with E-state index in [1.807, 2.05) is 0 Å². The fourth-order valence-electron chi connectivity index (χ4n) is 0.801. The summed E-state index contributed by atoms with van der Waals surface area (Å²) in [6.07, 6.45) is -1.12. The first-order chi connectivity index (χ1) is 5.95. The molecule has 1 unspecified atom stereocenters. The summed E-state index contributed by atoms with van der Waals surface area (Å²) in [6, 6.07) is 0. The molecule has 5 heteroatoms. The molecular formula is C8H18O5. The van der Waals surface area contributed by atoms with Crippen LogP contribution in [0.1, 0.15) is 20.3 Å². The Morgan fingerprint density at radius 3 is 1.69 bits per heavy atom. The number of hydrogen-bond donors (Lipinski definition) is 4. The highest BCUT2D eigenvalue weighted by atomic mass is 16.6. The lowest BCUT2D eigenvalue weighted by Crippen LogP contribution is -2.14. The van der Waals surface area contributed by atoms with Crippen LogP contribution in [0.4, 0.5) is 4.79 Å². The van der Waals surface area contributed by atoms with Gasteiger partial charge in [-0.05, 0) is 18.3 Å². The van der Waals surface area contributed by atoms with Gasteiger partial charge >= 0.3 is 6.16 Å². The van der Waals surface area contributed by atoms with Gasteiger partial charge in [-0.25, -0.2) is 4.79 Å². The molecule has 0 radical (unpaired) electrons. The third-order valence-corrected chi connectivity index (χ3v) is 1.68.